The van der Waals surface area contributed by atoms with Gasteiger partial charge >= 0.3 is 0 Å². The van der Waals surface area contributed by atoms with E-state index in [4.69, 9.17) is 0 Å². The molecule has 24 heavy (non-hydrogen) atoms. The summed E-state index contributed by atoms with van der Waals surface area (Å²) in [5.41, 5.74) is -1.75. The number of Topliss-reactive ketones (excluding diaryl/α,β-unsaturated/α-hetero) is 3. The van der Waals surface area contributed by atoms with E-state index in [1.54, 1.807) is 31.2 Å². The second kappa shape index (κ2) is 4.85. The van der Waals surface area contributed by atoms with Gasteiger partial charge in [-0.3, -0.25) is 19.2 Å². The Labute approximate surface area is 140 Å². The molecule has 0 radical (unpaired) electrons. The minimum atomic E-state index is -1.31. The standard InChI is InChI=1S/C19H21NO4/c1-11(21)12-5-7-13(8-6-12)20-16(24)19-10-9-18(4,17(19,2)3)14(22)15(19)23/h5-8H,9-10H2,1-4H3,(H,20,24)/t18-,19+/m1/s1. The SMILES string of the molecule is CC(=O)c1ccc(NC(=O)[C@]23CC[C@](C)(C(=O)C2=O)C3(C)C)cc1. The fourth-order valence-electron chi connectivity index (χ4n) is 4.30. The highest BCUT2D eigenvalue weighted by Crippen LogP contribution is 2.69. The molecule has 1 amide bonds. The van der Waals surface area contributed by atoms with E-state index in [1.165, 1.54) is 6.92 Å². The highest BCUT2D eigenvalue weighted by atomic mass is 16.2. The molecule has 5 heteroatoms. The Bertz CT molecular complexity index is 777. The molecule has 2 bridgehead atoms. The van der Waals surface area contributed by atoms with Crippen LogP contribution in [0, 0.1) is 16.2 Å². The number of carbonyl (C=O) groups is 4. The van der Waals surface area contributed by atoms with E-state index in [-0.39, 0.29) is 5.78 Å². The van der Waals surface area contributed by atoms with Crippen molar-refractivity contribution in [2.24, 2.45) is 16.2 Å². The second-order valence-electron chi connectivity index (χ2n) is 7.61. The predicted octanol–water partition coefficient (Wildman–Crippen LogP) is 2.79. The molecule has 2 aliphatic rings. The van der Waals surface area contributed by atoms with Gasteiger partial charge in [0.25, 0.3) is 0 Å². The third-order valence-corrected chi connectivity index (χ3v) is 6.48. The summed E-state index contributed by atoms with van der Waals surface area (Å²) in [4.78, 5) is 49.3. The summed E-state index contributed by atoms with van der Waals surface area (Å²) in [6.07, 6.45) is 0.930. The van der Waals surface area contributed by atoms with Crippen LogP contribution in [0.2, 0.25) is 0 Å². The van der Waals surface area contributed by atoms with Crippen molar-refractivity contribution in [3.63, 3.8) is 0 Å². The number of fused-ring (bicyclic) bond motifs is 2. The van der Waals surface area contributed by atoms with Crippen LogP contribution in [-0.4, -0.2) is 23.3 Å². The molecule has 0 unspecified atom stereocenters. The summed E-state index contributed by atoms with van der Waals surface area (Å²) in [6, 6.07) is 6.52. The number of hydrogen-bond acceptors (Lipinski definition) is 4. The van der Waals surface area contributed by atoms with Gasteiger partial charge in [0.1, 0.15) is 5.41 Å². The summed E-state index contributed by atoms with van der Waals surface area (Å²) in [5.74, 6) is -1.49. The maximum atomic E-state index is 13.0. The molecule has 0 aromatic heterocycles. The van der Waals surface area contributed by atoms with Crippen molar-refractivity contribution in [1.82, 2.24) is 0 Å². The number of ketones is 3. The van der Waals surface area contributed by atoms with Crippen molar-refractivity contribution in [2.45, 2.75) is 40.5 Å². The molecular formula is C19H21NO4. The van der Waals surface area contributed by atoms with Crippen LogP contribution in [0.4, 0.5) is 5.69 Å². The fourth-order valence-corrected chi connectivity index (χ4v) is 4.30. The summed E-state index contributed by atoms with van der Waals surface area (Å²) in [6.45, 7) is 6.93. The molecule has 0 aliphatic heterocycles. The van der Waals surface area contributed by atoms with Crippen LogP contribution in [-0.2, 0) is 14.4 Å². The lowest BCUT2D eigenvalue weighted by Crippen LogP contribution is -2.47. The summed E-state index contributed by atoms with van der Waals surface area (Å²) in [5, 5.41) is 2.77. The Morgan fingerprint density at radius 2 is 1.54 bits per heavy atom. The Morgan fingerprint density at radius 3 is 2.00 bits per heavy atom. The van der Waals surface area contributed by atoms with Gasteiger partial charge in [-0.2, -0.15) is 0 Å². The lowest BCUT2D eigenvalue weighted by atomic mass is 9.64. The molecule has 2 fully saturated rings. The Morgan fingerprint density at radius 1 is 0.958 bits per heavy atom. The molecular weight excluding hydrogens is 306 g/mol. The van der Waals surface area contributed by atoms with E-state index in [0.717, 1.165) is 0 Å². The average molecular weight is 327 g/mol. The van der Waals surface area contributed by atoms with Gasteiger partial charge in [-0.05, 0) is 49.4 Å². The van der Waals surface area contributed by atoms with Crippen LogP contribution < -0.4 is 5.32 Å². The smallest absolute Gasteiger partial charge is 0.239 e. The number of amides is 1. The first-order valence-corrected chi connectivity index (χ1v) is 8.09. The van der Waals surface area contributed by atoms with Gasteiger partial charge < -0.3 is 5.32 Å². The summed E-state index contributed by atoms with van der Waals surface area (Å²) < 4.78 is 0. The zero-order valence-corrected chi connectivity index (χ0v) is 14.4. The molecule has 0 saturated heterocycles. The highest BCUT2D eigenvalue weighted by molar-refractivity contribution is 6.49. The van der Waals surface area contributed by atoms with Crippen molar-refractivity contribution in [2.75, 3.05) is 5.32 Å². The monoisotopic (exact) mass is 327 g/mol. The lowest BCUT2D eigenvalue weighted by Gasteiger charge is -2.37. The van der Waals surface area contributed by atoms with Crippen molar-refractivity contribution in [3.8, 4) is 0 Å². The molecule has 1 aromatic carbocycles. The minimum absolute atomic E-state index is 0.0595. The van der Waals surface area contributed by atoms with Gasteiger partial charge in [-0.15, -0.1) is 0 Å². The zero-order chi connectivity index (χ0) is 17.9. The molecule has 0 spiro atoms. The summed E-state index contributed by atoms with van der Waals surface area (Å²) in [7, 11) is 0. The molecule has 2 aliphatic carbocycles. The van der Waals surface area contributed by atoms with Crippen molar-refractivity contribution >= 4 is 28.9 Å². The van der Waals surface area contributed by atoms with Crippen LogP contribution in [0.25, 0.3) is 0 Å². The van der Waals surface area contributed by atoms with E-state index in [2.05, 4.69) is 5.32 Å². The molecule has 1 aromatic rings. The molecule has 5 nitrogen and oxygen atoms in total. The topological polar surface area (TPSA) is 80.3 Å². The average Bonchev–Trinajstić information content (AvgIpc) is 2.80. The van der Waals surface area contributed by atoms with E-state index < -0.39 is 33.7 Å². The number of carbonyl (C=O) groups excluding carboxylic acids is 4. The van der Waals surface area contributed by atoms with Crippen LogP contribution in [0.15, 0.2) is 24.3 Å². The molecule has 3 rings (SSSR count). The number of rotatable bonds is 3. The van der Waals surface area contributed by atoms with Gasteiger partial charge in [0.05, 0.1) is 0 Å². The predicted molar refractivity (Wildman–Crippen MR) is 88.6 cm³/mol. The van der Waals surface area contributed by atoms with Crippen molar-refractivity contribution in [1.29, 1.82) is 0 Å². The minimum Gasteiger partial charge on any atom is -0.325 e. The van der Waals surface area contributed by atoms with Gasteiger partial charge in [-0.1, -0.05) is 20.8 Å². The van der Waals surface area contributed by atoms with E-state index >= 15 is 0 Å². The Hall–Kier alpha value is -2.30. The number of anilines is 1. The highest BCUT2D eigenvalue weighted by Gasteiger charge is 2.77. The number of benzene rings is 1. The van der Waals surface area contributed by atoms with Gasteiger partial charge in [0, 0.05) is 16.7 Å². The Kier molecular flexibility index (Phi) is 3.35. The van der Waals surface area contributed by atoms with E-state index in [9.17, 15) is 19.2 Å². The third kappa shape index (κ3) is 1.75. The quantitative estimate of drug-likeness (QED) is 0.526. The van der Waals surface area contributed by atoms with E-state index in [1.807, 2.05) is 13.8 Å². The van der Waals surface area contributed by atoms with Crippen LogP contribution in [0.5, 0.6) is 0 Å². The molecule has 1 N–H and O–H groups in total. The normalized spacial score (nSPS) is 30.5. The first-order chi connectivity index (χ1) is 11.1. The summed E-state index contributed by atoms with van der Waals surface area (Å²) >= 11 is 0. The first-order valence-electron chi connectivity index (χ1n) is 8.09. The maximum Gasteiger partial charge on any atom is 0.239 e. The van der Waals surface area contributed by atoms with Crippen molar-refractivity contribution in [3.05, 3.63) is 29.8 Å². The van der Waals surface area contributed by atoms with Crippen LogP contribution in [0.1, 0.15) is 50.9 Å². The van der Waals surface area contributed by atoms with Crippen molar-refractivity contribution < 1.29 is 19.2 Å². The zero-order valence-electron chi connectivity index (χ0n) is 14.4. The van der Waals surface area contributed by atoms with E-state index in [0.29, 0.717) is 24.1 Å². The first kappa shape index (κ1) is 16.6. The van der Waals surface area contributed by atoms with Crippen LogP contribution >= 0.6 is 0 Å². The molecule has 126 valence electrons. The molecule has 2 atom stereocenters. The number of nitrogens with one attached hydrogen (secondary N) is 1. The largest absolute Gasteiger partial charge is 0.325 e. The van der Waals surface area contributed by atoms with Crippen LogP contribution in [0.3, 0.4) is 0 Å². The Balaban J connectivity index is 1.94. The lowest BCUT2D eigenvalue weighted by molar-refractivity contribution is -0.147. The third-order valence-electron chi connectivity index (χ3n) is 6.48. The molecule has 2 saturated carbocycles. The fraction of sp³-hybridized carbons (Fsp3) is 0.474. The van der Waals surface area contributed by atoms with Gasteiger partial charge in [-0.25, -0.2) is 0 Å². The maximum absolute atomic E-state index is 13.0. The van der Waals surface area contributed by atoms with Gasteiger partial charge in [0.2, 0.25) is 17.5 Å². The number of hydrogen-bond donors (Lipinski definition) is 1. The molecule has 0 heterocycles. The van der Waals surface area contributed by atoms with Gasteiger partial charge in [0.15, 0.2) is 5.78 Å². The second-order valence-corrected chi connectivity index (χ2v) is 7.61.